The molecule has 0 aliphatic carbocycles. The van der Waals surface area contributed by atoms with E-state index in [0.29, 0.717) is 10.2 Å². The monoisotopic (exact) mass is 389 g/mol. The van der Waals surface area contributed by atoms with Gasteiger partial charge in [0.15, 0.2) is 11.7 Å². The fourth-order valence-electron chi connectivity index (χ4n) is 2.63. The van der Waals surface area contributed by atoms with Gasteiger partial charge < -0.3 is 10.4 Å². The highest BCUT2D eigenvalue weighted by Crippen LogP contribution is 2.46. The smallest absolute Gasteiger partial charge is 0.410 e. The van der Waals surface area contributed by atoms with E-state index in [9.17, 15) is 18.0 Å². The third kappa shape index (κ3) is 2.80. The molecule has 0 unspecified atom stereocenters. The Bertz CT molecular complexity index is 746. The molecule has 2 heterocycles. The molecule has 0 radical (unpaired) electrons. The maximum atomic E-state index is 13.4. The molecule has 23 heavy (non-hydrogen) atoms. The number of benzene rings is 1. The number of carboxylic acids is 1. The van der Waals surface area contributed by atoms with E-state index < -0.39 is 29.9 Å². The molecule has 0 spiro atoms. The topological polar surface area (TPSA) is 67.1 Å². The fourth-order valence-corrected chi connectivity index (χ4v) is 3.18. The first kappa shape index (κ1) is 15.9. The Labute approximate surface area is 137 Å². The third-order valence-corrected chi connectivity index (χ3v) is 4.45. The number of hydrogen-bond acceptors (Lipinski definition) is 3. The van der Waals surface area contributed by atoms with Crippen LogP contribution in [0.25, 0.3) is 0 Å². The second-order valence-electron chi connectivity index (χ2n) is 5.16. The first-order chi connectivity index (χ1) is 10.8. The summed E-state index contributed by atoms with van der Waals surface area (Å²) < 4.78 is 40.9. The highest BCUT2D eigenvalue weighted by molar-refractivity contribution is 9.10. The molecule has 1 aromatic carbocycles. The molecule has 2 aromatic rings. The van der Waals surface area contributed by atoms with Crippen LogP contribution in [0.1, 0.15) is 34.6 Å². The van der Waals surface area contributed by atoms with Gasteiger partial charge in [0.05, 0.1) is 10.5 Å². The first-order valence-electron chi connectivity index (χ1n) is 6.68. The summed E-state index contributed by atoms with van der Waals surface area (Å²) in [6, 6.07) is 6.22. The van der Waals surface area contributed by atoms with Gasteiger partial charge in [0, 0.05) is 6.42 Å². The van der Waals surface area contributed by atoms with Crippen molar-refractivity contribution < 1.29 is 23.1 Å². The van der Waals surface area contributed by atoms with Crippen molar-refractivity contribution in [3.63, 3.8) is 0 Å². The van der Waals surface area contributed by atoms with Crippen molar-refractivity contribution in [3.8, 4) is 0 Å². The minimum absolute atomic E-state index is 0.0138. The predicted molar refractivity (Wildman–Crippen MR) is 79.4 cm³/mol. The average Bonchev–Trinajstić information content (AvgIpc) is 2.84. The molecule has 9 heteroatoms. The lowest BCUT2D eigenvalue weighted by molar-refractivity contribution is -0.173. The van der Waals surface area contributed by atoms with E-state index in [1.54, 1.807) is 30.3 Å². The summed E-state index contributed by atoms with van der Waals surface area (Å²) in [7, 11) is 0. The van der Waals surface area contributed by atoms with Crippen molar-refractivity contribution >= 4 is 27.7 Å². The molecular formula is C14H11BrF3N3O2. The number of aromatic carboxylic acids is 1. The highest BCUT2D eigenvalue weighted by Gasteiger charge is 2.47. The Morgan fingerprint density at radius 3 is 2.57 bits per heavy atom. The second-order valence-corrected chi connectivity index (χ2v) is 5.95. The summed E-state index contributed by atoms with van der Waals surface area (Å²) in [6.45, 7) is 0. The maximum Gasteiger partial charge on any atom is 0.410 e. The van der Waals surface area contributed by atoms with Gasteiger partial charge in [-0.3, -0.25) is 0 Å². The van der Waals surface area contributed by atoms with Gasteiger partial charge in [0.25, 0.3) is 0 Å². The van der Waals surface area contributed by atoms with Crippen LogP contribution in [-0.4, -0.2) is 27.0 Å². The summed E-state index contributed by atoms with van der Waals surface area (Å²) in [5.74, 6) is -1.37. The summed E-state index contributed by atoms with van der Waals surface area (Å²) in [5.41, 5.74) is 0.244. The number of nitrogens with zero attached hydrogens (tertiary/aromatic N) is 2. The molecule has 0 saturated heterocycles. The number of halogens is 4. The lowest BCUT2D eigenvalue weighted by atomic mass is 9.97. The van der Waals surface area contributed by atoms with Crippen molar-refractivity contribution in [2.75, 3.05) is 5.32 Å². The van der Waals surface area contributed by atoms with E-state index in [1.165, 1.54) is 0 Å². The van der Waals surface area contributed by atoms with Gasteiger partial charge in [-0.05, 0) is 21.5 Å². The number of carbonyl (C=O) groups is 1. The largest absolute Gasteiger partial charge is 0.476 e. The van der Waals surface area contributed by atoms with E-state index in [-0.39, 0.29) is 16.7 Å². The quantitative estimate of drug-likeness (QED) is 0.814. The molecule has 0 bridgehead atoms. The van der Waals surface area contributed by atoms with E-state index in [1.807, 2.05) is 0 Å². The highest BCUT2D eigenvalue weighted by atomic mass is 79.9. The Morgan fingerprint density at radius 2 is 2.00 bits per heavy atom. The second kappa shape index (κ2) is 5.55. The van der Waals surface area contributed by atoms with Crippen LogP contribution in [0.3, 0.4) is 0 Å². The van der Waals surface area contributed by atoms with E-state index in [0.717, 1.165) is 0 Å². The summed E-state index contributed by atoms with van der Waals surface area (Å²) >= 11 is 3.04. The van der Waals surface area contributed by atoms with Gasteiger partial charge in [0.1, 0.15) is 5.82 Å². The Balaban J connectivity index is 2.10. The van der Waals surface area contributed by atoms with Crippen LogP contribution >= 0.6 is 15.9 Å². The van der Waals surface area contributed by atoms with Crippen LogP contribution in [0.5, 0.6) is 0 Å². The fraction of sp³-hybridized carbons (Fsp3) is 0.286. The standard InChI is InChI=1S/C14H11BrF3N3O2/c15-10-11(13(22)23)20-21-9(14(16,17)18)6-8(19-12(10)21)7-4-2-1-3-5-7/h1-5,8-9,19H,6H2,(H,22,23)/t8-,9-/m0/s1. The summed E-state index contributed by atoms with van der Waals surface area (Å²) in [5, 5.41) is 15.6. The third-order valence-electron chi connectivity index (χ3n) is 3.70. The van der Waals surface area contributed by atoms with Gasteiger partial charge in [-0.1, -0.05) is 30.3 Å². The zero-order chi connectivity index (χ0) is 16.8. The van der Waals surface area contributed by atoms with Crippen LogP contribution < -0.4 is 5.32 Å². The maximum absolute atomic E-state index is 13.4. The van der Waals surface area contributed by atoms with Crippen LogP contribution in [0.15, 0.2) is 34.8 Å². The van der Waals surface area contributed by atoms with Gasteiger partial charge in [-0.25, -0.2) is 9.48 Å². The number of carboxylic acid groups (broad SMARTS) is 1. The van der Waals surface area contributed by atoms with Crippen LogP contribution in [0.2, 0.25) is 0 Å². The predicted octanol–water partition coefficient (Wildman–Crippen LogP) is 4.00. The normalized spacial score (nSPS) is 20.7. The van der Waals surface area contributed by atoms with Gasteiger partial charge in [-0.15, -0.1) is 0 Å². The SMILES string of the molecule is O=C(O)c1nn2c(c1Br)N[C@H](c1ccccc1)C[C@H]2C(F)(F)F. The number of fused-ring (bicyclic) bond motifs is 1. The van der Waals surface area contributed by atoms with E-state index >= 15 is 0 Å². The van der Waals surface area contributed by atoms with Crippen LogP contribution in [0, 0.1) is 0 Å². The molecule has 0 fully saturated rings. The zero-order valence-corrected chi connectivity index (χ0v) is 13.1. The van der Waals surface area contributed by atoms with E-state index in [4.69, 9.17) is 5.11 Å². The Kier molecular flexibility index (Phi) is 3.83. The number of aromatic nitrogens is 2. The molecule has 1 aliphatic heterocycles. The van der Waals surface area contributed by atoms with Crippen molar-refractivity contribution in [1.82, 2.24) is 9.78 Å². The molecule has 0 saturated carbocycles. The Hall–Kier alpha value is -2.03. The minimum atomic E-state index is -4.54. The molecule has 1 aromatic heterocycles. The molecular weight excluding hydrogens is 379 g/mol. The molecule has 1 aliphatic rings. The van der Waals surface area contributed by atoms with Crippen molar-refractivity contribution in [2.45, 2.75) is 24.7 Å². The molecule has 5 nitrogen and oxygen atoms in total. The molecule has 2 atom stereocenters. The number of alkyl halides is 3. The van der Waals surface area contributed by atoms with Gasteiger partial charge in [-0.2, -0.15) is 18.3 Å². The first-order valence-corrected chi connectivity index (χ1v) is 7.48. The van der Waals surface area contributed by atoms with E-state index in [2.05, 4.69) is 26.3 Å². The van der Waals surface area contributed by atoms with Gasteiger partial charge in [0.2, 0.25) is 0 Å². The average molecular weight is 390 g/mol. The van der Waals surface area contributed by atoms with Gasteiger partial charge >= 0.3 is 12.1 Å². The molecule has 3 rings (SSSR count). The number of rotatable bonds is 2. The number of nitrogens with one attached hydrogen (secondary N) is 1. The van der Waals surface area contributed by atoms with Crippen molar-refractivity contribution in [1.29, 1.82) is 0 Å². The lowest BCUT2D eigenvalue weighted by Gasteiger charge is -2.33. The molecule has 122 valence electrons. The summed E-state index contributed by atoms with van der Waals surface area (Å²) in [4.78, 5) is 11.1. The lowest BCUT2D eigenvalue weighted by Crippen LogP contribution is -2.35. The van der Waals surface area contributed by atoms with Crippen molar-refractivity contribution in [2.24, 2.45) is 0 Å². The minimum Gasteiger partial charge on any atom is -0.476 e. The number of anilines is 1. The molecule has 0 amide bonds. The van der Waals surface area contributed by atoms with Crippen LogP contribution in [-0.2, 0) is 0 Å². The Morgan fingerprint density at radius 1 is 1.35 bits per heavy atom. The zero-order valence-electron chi connectivity index (χ0n) is 11.5. The molecule has 2 N–H and O–H groups in total. The summed E-state index contributed by atoms with van der Waals surface area (Å²) in [6.07, 6.45) is -4.81. The van der Waals surface area contributed by atoms with Crippen LogP contribution in [0.4, 0.5) is 19.0 Å². The number of hydrogen-bond donors (Lipinski definition) is 2. The van der Waals surface area contributed by atoms with Crippen molar-refractivity contribution in [3.05, 3.63) is 46.1 Å².